The summed E-state index contributed by atoms with van der Waals surface area (Å²) in [6.07, 6.45) is 1.86. The summed E-state index contributed by atoms with van der Waals surface area (Å²) in [5, 5.41) is 2.86. The molecule has 0 heterocycles. The highest BCUT2D eigenvalue weighted by atomic mass is 16.5. The Bertz CT molecular complexity index is 876. The van der Waals surface area contributed by atoms with Crippen LogP contribution in [0.2, 0.25) is 0 Å². The Morgan fingerprint density at radius 1 is 0.857 bits per heavy atom. The second kappa shape index (κ2) is 10.2. The van der Waals surface area contributed by atoms with Crippen LogP contribution < -0.4 is 14.8 Å². The topological polar surface area (TPSA) is 47.6 Å². The van der Waals surface area contributed by atoms with E-state index in [1.807, 2.05) is 73.7 Å². The van der Waals surface area contributed by atoms with E-state index in [-0.39, 0.29) is 12.5 Å². The van der Waals surface area contributed by atoms with Gasteiger partial charge in [0, 0.05) is 0 Å². The predicted octanol–water partition coefficient (Wildman–Crippen LogP) is 5.02. The lowest BCUT2D eigenvalue weighted by molar-refractivity contribution is -0.118. The Morgan fingerprint density at radius 2 is 1.57 bits per heavy atom. The Hall–Kier alpha value is -3.27. The lowest BCUT2D eigenvalue weighted by Gasteiger charge is -2.13. The van der Waals surface area contributed by atoms with Crippen molar-refractivity contribution in [2.24, 2.45) is 0 Å². The zero-order valence-electron chi connectivity index (χ0n) is 16.1. The normalized spacial score (nSPS) is 10.3. The summed E-state index contributed by atoms with van der Waals surface area (Å²) in [5.74, 6) is 1.12. The van der Waals surface area contributed by atoms with Crippen LogP contribution in [0.3, 0.4) is 0 Å². The lowest BCUT2D eigenvalue weighted by Crippen LogP contribution is -2.20. The number of amides is 1. The van der Waals surface area contributed by atoms with E-state index < -0.39 is 0 Å². The maximum absolute atomic E-state index is 12.2. The highest BCUT2D eigenvalue weighted by Gasteiger charge is 2.08. The third-order valence-electron chi connectivity index (χ3n) is 4.26. The number of rotatable bonds is 9. The van der Waals surface area contributed by atoms with E-state index in [4.69, 9.17) is 9.47 Å². The van der Waals surface area contributed by atoms with Gasteiger partial charge in [0.05, 0.1) is 12.3 Å². The molecule has 0 aliphatic carbocycles. The van der Waals surface area contributed by atoms with Crippen LogP contribution in [0.1, 0.15) is 17.5 Å². The highest BCUT2D eigenvalue weighted by Crippen LogP contribution is 2.24. The molecule has 3 aromatic carbocycles. The first kappa shape index (κ1) is 19.5. The molecule has 0 spiro atoms. The van der Waals surface area contributed by atoms with E-state index >= 15 is 0 Å². The van der Waals surface area contributed by atoms with Crippen LogP contribution in [0, 0.1) is 6.92 Å². The van der Waals surface area contributed by atoms with Crippen molar-refractivity contribution in [1.29, 1.82) is 0 Å². The summed E-state index contributed by atoms with van der Waals surface area (Å²) in [4.78, 5) is 12.2. The zero-order valence-corrected chi connectivity index (χ0v) is 16.1. The van der Waals surface area contributed by atoms with Crippen molar-refractivity contribution in [3.05, 3.63) is 90.0 Å². The molecule has 4 heteroatoms. The first-order valence-corrected chi connectivity index (χ1v) is 9.46. The summed E-state index contributed by atoms with van der Waals surface area (Å²) < 4.78 is 11.4. The summed E-state index contributed by atoms with van der Waals surface area (Å²) in [5.41, 5.74) is 3.09. The third kappa shape index (κ3) is 6.16. The molecule has 1 N–H and O–H groups in total. The first-order chi connectivity index (χ1) is 13.7. The number of aryl methyl sites for hydroxylation is 2. The van der Waals surface area contributed by atoms with Gasteiger partial charge >= 0.3 is 0 Å². The highest BCUT2D eigenvalue weighted by molar-refractivity contribution is 5.93. The van der Waals surface area contributed by atoms with Gasteiger partial charge in [0.2, 0.25) is 0 Å². The molecule has 0 aliphatic heterocycles. The average molecular weight is 375 g/mol. The van der Waals surface area contributed by atoms with Gasteiger partial charge in [-0.25, -0.2) is 0 Å². The van der Waals surface area contributed by atoms with Gasteiger partial charge in [-0.3, -0.25) is 4.79 Å². The zero-order chi connectivity index (χ0) is 19.6. The van der Waals surface area contributed by atoms with Crippen LogP contribution in [0.5, 0.6) is 11.5 Å². The molecular formula is C24H25NO3. The van der Waals surface area contributed by atoms with Crippen LogP contribution in [0.4, 0.5) is 5.69 Å². The van der Waals surface area contributed by atoms with Gasteiger partial charge in [0.1, 0.15) is 11.5 Å². The van der Waals surface area contributed by atoms with Gasteiger partial charge in [-0.15, -0.1) is 0 Å². The van der Waals surface area contributed by atoms with Crippen molar-refractivity contribution >= 4 is 11.6 Å². The molecular weight excluding hydrogens is 350 g/mol. The number of nitrogens with one attached hydrogen (secondary N) is 1. The number of benzene rings is 3. The van der Waals surface area contributed by atoms with Gasteiger partial charge in [-0.1, -0.05) is 60.2 Å². The molecule has 0 saturated heterocycles. The van der Waals surface area contributed by atoms with E-state index in [0.29, 0.717) is 23.8 Å². The van der Waals surface area contributed by atoms with Crippen LogP contribution in [-0.4, -0.2) is 19.1 Å². The summed E-state index contributed by atoms with van der Waals surface area (Å²) in [6.45, 7) is 2.54. The Kier molecular flexibility index (Phi) is 7.08. The van der Waals surface area contributed by atoms with Crippen molar-refractivity contribution in [3.63, 3.8) is 0 Å². The minimum atomic E-state index is -0.221. The second-order valence-corrected chi connectivity index (χ2v) is 6.58. The van der Waals surface area contributed by atoms with Gasteiger partial charge < -0.3 is 14.8 Å². The van der Waals surface area contributed by atoms with Crippen LogP contribution in [-0.2, 0) is 11.2 Å². The quantitative estimate of drug-likeness (QED) is 0.534. The number of para-hydroxylation sites is 2. The molecule has 28 heavy (non-hydrogen) atoms. The van der Waals surface area contributed by atoms with Crippen molar-refractivity contribution < 1.29 is 14.3 Å². The number of hydrogen-bond acceptors (Lipinski definition) is 3. The van der Waals surface area contributed by atoms with Crippen molar-refractivity contribution in [1.82, 2.24) is 0 Å². The molecule has 0 atom stereocenters. The minimum absolute atomic E-state index is 0.0502. The smallest absolute Gasteiger partial charge is 0.262 e. The molecule has 0 aromatic heterocycles. The van der Waals surface area contributed by atoms with Crippen molar-refractivity contribution in [2.45, 2.75) is 19.8 Å². The fourth-order valence-corrected chi connectivity index (χ4v) is 2.77. The maximum atomic E-state index is 12.2. The van der Waals surface area contributed by atoms with Crippen molar-refractivity contribution in [2.75, 3.05) is 18.5 Å². The van der Waals surface area contributed by atoms with E-state index in [9.17, 15) is 4.79 Å². The molecule has 4 nitrogen and oxygen atoms in total. The molecule has 144 valence electrons. The number of hydrogen-bond donors (Lipinski definition) is 1. The Balaban J connectivity index is 1.47. The first-order valence-electron chi connectivity index (χ1n) is 9.46. The predicted molar refractivity (Wildman–Crippen MR) is 112 cm³/mol. The molecule has 0 bridgehead atoms. The Labute approximate surface area is 166 Å². The SMILES string of the molecule is Cc1ccc(OCC(=O)Nc2ccccc2OCCCc2ccccc2)cc1. The summed E-state index contributed by atoms with van der Waals surface area (Å²) in [7, 11) is 0. The monoisotopic (exact) mass is 375 g/mol. The molecule has 0 radical (unpaired) electrons. The molecule has 0 fully saturated rings. The second-order valence-electron chi connectivity index (χ2n) is 6.58. The minimum Gasteiger partial charge on any atom is -0.491 e. The molecule has 1 amide bonds. The van der Waals surface area contributed by atoms with Crippen LogP contribution in [0.15, 0.2) is 78.9 Å². The van der Waals surface area contributed by atoms with Gasteiger partial charge in [-0.2, -0.15) is 0 Å². The van der Waals surface area contributed by atoms with Gasteiger partial charge in [0.15, 0.2) is 6.61 Å². The number of ether oxygens (including phenoxy) is 2. The van der Waals surface area contributed by atoms with Crippen LogP contribution in [0.25, 0.3) is 0 Å². The van der Waals surface area contributed by atoms with Crippen molar-refractivity contribution in [3.8, 4) is 11.5 Å². The lowest BCUT2D eigenvalue weighted by atomic mass is 10.1. The van der Waals surface area contributed by atoms with Gasteiger partial charge in [-0.05, 0) is 49.6 Å². The fourth-order valence-electron chi connectivity index (χ4n) is 2.77. The standard InChI is InChI=1S/C24H25NO3/c1-19-13-15-21(16-14-19)28-18-24(26)25-22-11-5-6-12-23(22)27-17-7-10-20-8-3-2-4-9-20/h2-6,8-9,11-16H,7,10,17-18H2,1H3,(H,25,26). The molecule has 3 rings (SSSR count). The average Bonchev–Trinajstić information content (AvgIpc) is 2.73. The maximum Gasteiger partial charge on any atom is 0.262 e. The Morgan fingerprint density at radius 3 is 2.36 bits per heavy atom. The summed E-state index contributed by atoms with van der Waals surface area (Å²) in [6, 6.07) is 25.4. The number of anilines is 1. The van der Waals surface area contributed by atoms with E-state index in [1.54, 1.807) is 0 Å². The fraction of sp³-hybridized carbons (Fsp3) is 0.208. The molecule has 0 aliphatic rings. The largest absolute Gasteiger partial charge is 0.491 e. The molecule has 0 unspecified atom stereocenters. The number of carbonyl (C=O) groups excluding carboxylic acids is 1. The van der Waals surface area contributed by atoms with Crippen LogP contribution >= 0.6 is 0 Å². The van der Waals surface area contributed by atoms with E-state index in [1.165, 1.54) is 5.56 Å². The summed E-state index contributed by atoms with van der Waals surface area (Å²) >= 11 is 0. The van der Waals surface area contributed by atoms with E-state index in [0.717, 1.165) is 18.4 Å². The molecule has 3 aromatic rings. The van der Waals surface area contributed by atoms with Gasteiger partial charge in [0.25, 0.3) is 5.91 Å². The third-order valence-corrected chi connectivity index (χ3v) is 4.26. The number of carbonyl (C=O) groups is 1. The van der Waals surface area contributed by atoms with E-state index in [2.05, 4.69) is 17.4 Å². The molecule has 0 saturated carbocycles.